The Morgan fingerprint density at radius 1 is 1.30 bits per heavy atom. The van der Waals surface area contributed by atoms with E-state index in [4.69, 9.17) is 11.6 Å². The third-order valence-electron chi connectivity index (χ3n) is 5.43. The normalized spacial score (nSPS) is 16.5. The van der Waals surface area contributed by atoms with Crippen LogP contribution in [-0.2, 0) is 6.54 Å². The molecule has 0 saturated carbocycles. The van der Waals surface area contributed by atoms with Crippen LogP contribution < -0.4 is 5.32 Å². The van der Waals surface area contributed by atoms with Crippen LogP contribution in [0.5, 0.6) is 0 Å². The molecule has 0 radical (unpaired) electrons. The smallest absolute Gasteiger partial charge is 0.317 e. The van der Waals surface area contributed by atoms with Gasteiger partial charge in [-0.2, -0.15) is 0 Å². The zero-order chi connectivity index (χ0) is 21.1. The summed E-state index contributed by atoms with van der Waals surface area (Å²) in [6.07, 6.45) is 6.12. The van der Waals surface area contributed by atoms with Gasteiger partial charge in [-0.3, -0.25) is 4.79 Å². The molecule has 1 aromatic carbocycles. The molecule has 3 amide bonds. The van der Waals surface area contributed by atoms with Gasteiger partial charge in [-0.1, -0.05) is 11.6 Å². The SMILES string of the molecule is CN(C(=O)NCc1cc2cc(Cl)ccc2[nH]1)C1CCCN(C(=O)c2cncnc2)C1. The number of piperidine rings is 1. The molecule has 1 aliphatic rings. The van der Waals surface area contributed by atoms with Crippen molar-refractivity contribution in [2.24, 2.45) is 0 Å². The third kappa shape index (κ3) is 4.38. The Kier molecular flexibility index (Phi) is 5.85. The number of carbonyl (C=O) groups is 2. The number of aromatic amines is 1. The molecule has 1 unspecified atom stereocenters. The Morgan fingerprint density at radius 3 is 2.90 bits per heavy atom. The number of rotatable bonds is 4. The van der Waals surface area contributed by atoms with Gasteiger partial charge in [0.15, 0.2) is 0 Å². The summed E-state index contributed by atoms with van der Waals surface area (Å²) in [5.41, 5.74) is 2.34. The summed E-state index contributed by atoms with van der Waals surface area (Å²) in [6, 6.07) is 7.39. The molecule has 156 valence electrons. The van der Waals surface area contributed by atoms with Gasteiger partial charge in [-0.05, 0) is 37.1 Å². The number of aromatic nitrogens is 3. The number of likely N-dealkylation sites (N-methyl/N-ethyl adjacent to an activating group) is 1. The minimum absolute atomic E-state index is 0.0474. The maximum Gasteiger partial charge on any atom is 0.317 e. The van der Waals surface area contributed by atoms with Gasteiger partial charge in [0.25, 0.3) is 5.91 Å². The lowest BCUT2D eigenvalue weighted by Gasteiger charge is -2.37. The maximum absolute atomic E-state index is 12.7. The second-order valence-electron chi connectivity index (χ2n) is 7.47. The number of likely N-dealkylation sites (tertiary alicyclic amines) is 1. The summed E-state index contributed by atoms with van der Waals surface area (Å²) in [4.78, 5) is 39.9. The monoisotopic (exact) mass is 426 g/mol. The number of H-pyrrole nitrogens is 1. The van der Waals surface area contributed by atoms with Crippen molar-refractivity contribution >= 4 is 34.4 Å². The summed E-state index contributed by atoms with van der Waals surface area (Å²) >= 11 is 6.03. The van der Waals surface area contributed by atoms with E-state index in [1.54, 1.807) is 16.8 Å². The predicted molar refractivity (Wildman–Crippen MR) is 114 cm³/mol. The van der Waals surface area contributed by atoms with Gasteiger partial charge in [0.05, 0.1) is 18.2 Å². The topological polar surface area (TPSA) is 94.2 Å². The van der Waals surface area contributed by atoms with Crippen LogP contribution in [0.4, 0.5) is 4.79 Å². The molecule has 3 aromatic rings. The van der Waals surface area contributed by atoms with Crippen LogP contribution in [0.2, 0.25) is 5.02 Å². The van der Waals surface area contributed by atoms with Gasteiger partial charge in [0.1, 0.15) is 6.33 Å². The van der Waals surface area contributed by atoms with Crippen molar-refractivity contribution < 1.29 is 9.59 Å². The molecular formula is C21H23ClN6O2. The number of fused-ring (bicyclic) bond motifs is 1. The van der Waals surface area contributed by atoms with E-state index in [2.05, 4.69) is 20.3 Å². The maximum atomic E-state index is 12.7. The molecular weight excluding hydrogens is 404 g/mol. The second kappa shape index (κ2) is 8.71. The van der Waals surface area contributed by atoms with Crippen molar-refractivity contribution in [3.63, 3.8) is 0 Å². The highest BCUT2D eigenvalue weighted by Gasteiger charge is 2.29. The molecule has 1 saturated heterocycles. The highest BCUT2D eigenvalue weighted by atomic mass is 35.5. The fraction of sp³-hybridized carbons (Fsp3) is 0.333. The van der Waals surface area contributed by atoms with Crippen molar-refractivity contribution in [3.05, 3.63) is 59.3 Å². The van der Waals surface area contributed by atoms with E-state index < -0.39 is 0 Å². The first-order chi connectivity index (χ1) is 14.5. The summed E-state index contributed by atoms with van der Waals surface area (Å²) < 4.78 is 0. The van der Waals surface area contributed by atoms with Crippen LogP contribution in [0.25, 0.3) is 10.9 Å². The second-order valence-corrected chi connectivity index (χ2v) is 7.91. The van der Waals surface area contributed by atoms with Crippen molar-refractivity contribution in [2.75, 3.05) is 20.1 Å². The summed E-state index contributed by atoms with van der Waals surface area (Å²) in [7, 11) is 1.77. The molecule has 2 aromatic heterocycles. The number of carbonyl (C=O) groups excluding carboxylic acids is 2. The molecule has 4 rings (SSSR count). The largest absolute Gasteiger partial charge is 0.357 e. The summed E-state index contributed by atoms with van der Waals surface area (Å²) in [6.45, 7) is 1.53. The van der Waals surface area contributed by atoms with Gasteiger partial charge in [-0.25, -0.2) is 14.8 Å². The Bertz CT molecular complexity index is 1050. The average molecular weight is 427 g/mol. The lowest BCUT2D eigenvalue weighted by atomic mass is 10.0. The molecule has 0 aliphatic carbocycles. The highest BCUT2D eigenvalue weighted by Crippen LogP contribution is 2.20. The van der Waals surface area contributed by atoms with E-state index in [0.717, 1.165) is 29.4 Å². The minimum atomic E-state index is -0.172. The van der Waals surface area contributed by atoms with Crippen molar-refractivity contribution in [3.8, 4) is 0 Å². The van der Waals surface area contributed by atoms with E-state index in [9.17, 15) is 9.59 Å². The molecule has 8 nitrogen and oxygen atoms in total. The standard InChI is InChI=1S/C21H23ClN6O2/c1-27(18-3-2-6-28(12-18)20(29)15-9-23-13-24-10-15)21(30)25-11-17-8-14-7-16(22)4-5-19(14)26-17/h4-5,7-10,13,18,26H,2-3,6,11-12H2,1H3,(H,25,30). The van der Waals surface area contributed by atoms with Gasteiger partial charge < -0.3 is 20.1 Å². The van der Waals surface area contributed by atoms with Crippen LogP contribution in [0.1, 0.15) is 28.9 Å². The fourth-order valence-electron chi connectivity index (χ4n) is 3.77. The minimum Gasteiger partial charge on any atom is -0.357 e. The number of benzene rings is 1. The molecule has 30 heavy (non-hydrogen) atoms. The number of amides is 3. The Labute approximate surface area is 179 Å². The number of hydrogen-bond acceptors (Lipinski definition) is 4. The van der Waals surface area contributed by atoms with Gasteiger partial charge in [0.2, 0.25) is 0 Å². The van der Waals surface area contributed by atoms with Crippen LogP contribution >= 0.6 is 11.6 Å². The third-order valence-corrected chi connectivity index (χ3v) is 5.66. The average Bonchev–Trinajstić information content (AvgIpc) is 3.19. The first kappa shape index (κ1) is 20.2. The molecule has 2 N–H and O–H groups in total. The van der Waals surface area contributed by atoms with Gasteiger partial charge >= 0.3 is 6.03 Å². The quantitative estimate of drug-likeness (QED) is 0.670. The fourth-order valence-corrected chi connectivity index (χ4v) is 3.95. The van der Waals surface area contributed by atoms with Crippen molar-refractivity contribution in [2.45, 2.75) is 25.4 Å². The lowest BCUT2D eigenvalue weighted by molar-refractivity contribution is 0.0635. The van der Waals surface area contributed by atoms with Crippen molar-refractivity contribution in [1.29, 1.82) is 0 Å². The highest BCUT2D eigenvalue weighted by molar-refractivity contribution is 6.31. The number of halogens is 1. The lowest BCUT2D eigenvalue weighted by Crippen LogP contribution is -2.52. The van der Waals surface area contributed by atoms with Crippen molar-refractivity contribution in [1.82, 2.24) is 30.1 Å². The first-order valence-corrected chi connectivity index (χ1v) is 10.2. The van der Waals surface area contributed by atoms with E-state index in [1.807, 2.05) is 24.3 Å². The Morgan fingerprint density at radius 2 is 2.10 bits per heavy atom. The molecule has 1 aliphatic heterocycles. The van der Waals surface area contributed by atoms with E-state index in [1.165, 1.54) is 18.7 Å². The van der Waals surface area contributed by atoms with Crippen LogP contribution in [0.15, 0.2) is 43.0 Å². The van der Waals surface area contributed by atoms with Crippen LogP contribution in [-0.4, -0.2) is 62.9 Å². The molecule has 1 fully saturated rings. The predicted octanol–water partition coefficient (Wildman–Crippen LogP) is 3.06. The van der Waals surface area contributed by atoms with Crippen LogP contribution in [0, 0.1) is 0 Å². The number of nitrogens with zero attached hydrogens (tertiary/aromatic N) is 4. The number of urea groups is 1. The van der Waals surface area contributed by atoms with E-state index in [-0.39, 0.29) is 18.0 Å². The van der Waals surface area contributed by atoms with Gasteiger partial charge in [-0.15, -0.1) is 0 Å². The number of nitrogens with one attached hydrogen (secondary N) is 2. The molecule has 1 atom stereocenters. The zero-order valence-electron chi connectivity index (χ0n) is 16.6. The molecule has 9 heteroatoms. The molecule has 3 heterocycles. The summed E-state index contributed by atoms with van der Waals surface area (Å²) in [5.74, 6) is -0.106. The zero-order valence-corrected chi connectivity index (χ0v) is 17.4. The Hall–Kier alpha value is -3.13. The Balaban J connectivity index is 1.35. The first-order valence-electron chi connectivity index (χ1n) is 9.83. The summed E-state index contributed by atoms with van der Waals surface area (Å²) in [5, 5.41) is 4.63. The number of hydrogen-bond donors (Lipinski definition) is 2. The molecule has 0 spiro atoms. The van der Waals surface area contributed by atoms with E-state index in [0.29, 0.717) is 30.2 Å². The van der Waals surface area contributed by atoms with Gasteiger partial charge in [0, 0.05) is 54.2 Å². The van der Waals surface area contributed by atoms with Crippen LogP contribution in [0.3, 0.4) is 0 Å². The molecule has 0 bridgehead atoms. The van der Waals surface area contributed by atoms with E-state index >= 15 is 0 Å².